The number of anilines is 1. The lowest BCUT2D eigenvalue weighted by Crippen LogP contribution is -2.12. The molecule has 11 heteroatoms. The SMILES string of the molecule is CCOC(=O)Cn1cc(/C=N\Nc2ccc([N+](=O)[O-])cc2[N+](=O)[O-])c2ccccc21. The fraction of sp³-hybridized carbons (Fsp3) is 0.158. The van der Waals surface area contributed by atoms with Crippen LogP contribution in [0.1, 0.15) is 12.5 Å². The first-order valence-electron chi connectivity index (χ1n) is 8.86. The molecule has 1 heterocycles. The number of para-hydroxylation sites is 1. The predicted octanol–water partition coefficient (Wildman–Crippen LogP) is 3.47. The minimum atomic E-state index is -0.726. The summed E-state index contributed by atoms with van der Waals surface area (Å²) < 4.78 is 6.71. The van der Waals surface area contributed by atoms with E-state index < -0.39 is 21.2 Å². The third-order valence-corrected chi connectivity index (χ3v) is 4.20. The summed E-state index contributed by atoms with van der Waals surface area (Å²) in [5.74, 6) is -0.374. The molecule has 0 saturated heterocycles. The van der Waals surface area contributed by atoms with Gasteiger partial charge >= 0.3 is 11.7 Å². The van der Waals surface area contributed by atoms with Gasteiger partial charge < -0.3 is 9.30 Å². The maximum atomic E-state index is 11.8. The Bertz CT molecular complexity index is 1150. The zero-order chi connectivity index (χ0) is 21.7. The number of esters is 1. The molecule has 0 spiro atoms. The largest absolute Gasteiger partial charge is 0.465 e. The number of nitrogens with one attached hydrogen (secondary N) is 1. The highest BCUT2D eigenvalue weighted by molar-refractivity contribution is 6.00. The zero-order valence-corrected chi connectivity index (χ0v) is 15.8. The van der Waals surface area contributed by atoms with Crippen molar-refractivity contribution in [3.05, 3.63) is 74.5 Å². The Kier molecular flexibility index (Phi) is 6.01. The van der Waals surface area contributed by atoms with E-state index in [0.717, 1.165) is 23.0 Å². The molecule has 0 aliphatic carbocycles. The van der Waals surface area contributed by atoms with Crippen LogP contribution in [-0.4, -0.2) is 33.2 Å². The molecule has 30 heavy (non-hydrogen) atoms. The molecule has 3 aromatic rings. The highest BCUT2D eigenvalue weighted by Crippen LogP contribution is 2.29. The maximum absolute atomic E-state index is 11.8. The van der Waals surface area contributed by atoms with Crippen molar-refractivity contribution in [2.45, 2.75) is 13.5 Å². The minimum Gasteiger partial charge on any atom is -0.465 e. The molecule has 0 saturated carbocycles. The molecule has 1 N–H and O–H groups in total. The van der Waals surface area contributed by atoms with Crippen LogP contribution < -0.4 is 5.43 Å². The third kappa shape index (κ3) is 4.41. The van der Waals surface area contributed by atoms with E-state index >= 15 is 0 Å². The number of nitrogens with zero attached hydrogens (tertiary/aromatic N) is 4. The number of benzene rings is 2. The van der Waals surface area contributed by atoms with E-state index in [2.05, 4.69) is 10.5 Å². The van der Waals surface area contributed by atoms with E-state index in [1.165, 1.54) is 12.3 Å². The van der Waals surface area contributed by atoms with Crippen LogP contribution in [0.25, 0.3) is 10.9 Å². The van der Waals surface area contributed by atoms with Crippen LogP contribution in [0.15, 0.2) is 53.8 Å². The summed E-state index contributed by atoms with van der Waals surface area (Å²) in [5.41, 5.74) is 3.18. The first-order valence-corrected chi connectivity index (χ1v) is 8.86. The van der Waals surface area contributed by atoms with Gasteiger partial charge in [-0.25, -0.2) is 0 Å². The molecule has 0 aliphatic heterocycles. The number of hydrazone groups is 1. The van der Waals surface area contributed by atoms with E-state index in [1.807, 2.05) is 24.3 Å². The summed E-state index contributed by atoms with van der Waals surface area (Å²) in [7, 11) is 0. The number of nitro benzene ring substituents is 2. The molecule has 2 aromatic carbocycles. The van der Waals surface area contributed by atoms with Gasteiger partial charge in [-0.3, -0.25) is 30.4 Å². The molecule has 1 aromatic heterocycles. The maximum Gasteiger partial charge on any atom is 0.325 e. The predicted molar refractivity (Wildman–Crippen MR) is 110 cm³/mol. The second kappa shape index (κ2) is 8.82. The van der Waals surface area contributed by atoms with E-state index in [0.29, 0.717) is 5.56 Å². The second-order valence-corrected chi connectivity index (χ2v) is 6.12. The summed E-state index contributed by atoms with van der Waals surface area (Å²) in [6.07, 6.45) is 3.17. The Morgan fingerprint density at radius 1 is 1.20 bits per heavy atom. The van der Waals surface area contributed by atoms with Crippen LogP contribution in [-0.2, 0) is 16.1 Å². The van der Waals surface area contributed by atoms with Crippen LogP contribution in [0.4, 0.5) is 17.1 Å². The van der Waals surface area contributed by atoms with Gasteiger partial charge in [0, 0.05) is 28.7 Å². The lowest BCUT2D eigenvalue weighted by molar-refractivity contribution is -0.393. The Hall–Kier alpha value is -4.28. The van der Waals surface area contributed by atoms with Crippen LogP contribution in [0.5, 0.6) is 0 Å². The van der Waals surface area contributed by atoms with Crippen molar-refractivity contribution in [3.8, 4) is 0 Å². The molecule has 0 bridgehead atoms. The number of rotatable bonds is 8. The average Bonchev–Trinajstić information content (AvgIpc) is 3.05. The first kappa shape index (κ1) is 20.5. The van der Waals surface area contributed by atoms with Gasteiger partial charge in [-0.2, -0.15) is 5.10 Å². The van der Waals surface area contributed by atoms with Crippen molar-refractivity contribution in [3.63, 3.8) is 0 Å². The normalized spacial score (nSPS) is 11.0. The topological polar surface area (TPSA) is 142 Å². The summed E-state index contributed by atoms with van der Waals surface area (Å²) in [6, 6.07) is 10.6. The van der Waals surface area contributed by atoms with E-state index in [1.54, 1.807) is 17.7 Å². The number of hydrogen-bond acceptors (Lipinski definition) is 8. The molecule has 0 fully saturated rings. The quantitative estimate of drug-likeness (QED) is 0.259. The van der Waals surface area contributed by atoms with E-state index in [-0.39, 0.29) is 24.8 Å². The van der Waals surface area contributed by atoms with Gasteiger partial charge in [0.05, 0.1) is 28.7 Å². The second-order valence-electron chi connectivity index (χ2n) is 6.12. The fourth-order valence-electron chi connectivity index (χ4n) is 2.91. The molecule has 0 amide bonds. The average molecular weight is 411 g/mol. The minimum absolute atomic E-state index is 0.0112. The number of carbonyl (C=O) groups is 1. The molecule has 0 atom stereocenters. The Labute approximate surface area is 169 Å². The number of fused-ring (bicyclic) bond motifs is 1. The van der Waals surface area contributed by atoms with Crippen molar-refractivity contribution in [1.82, 2.24) is 4.57 Å². The van der Waals surface area contributed by atoms with Crippen molar-refractivity contribution in [1.29, 1.82) is 0 Å². The standard InChI is InChI=1S/C19H17N5O6/c1-2-30-19(25)12-22-11-13(15-5-3-4-6-17(15)22)10-20-21-16-8-7-14(23(26)27)9-18(16)24(28)29/h3-11,21H,2,12H2,1H3/b20-10-. The summed E-state index contributed by atoms with van der Waals surface area (Å²) >= 11 is 0. The molecule has 3 rings (SSSR count). The van der Waals surface area contributed by atoms with E-state index in [4.69, 9.17) is 4.74 Å². The lowest BCUT2D eigenvalue weighted by Gasteiger charge is -2.04. The molecule has 154 valence electrons. The molecular weight excluding hydrogens is 394 g/mol. The van der Waals surface area contributed by atoms with Crippen molar-refractivity contribution < 1.29 is 19.4 Å². The fourth-order valence-corrected chi connectivity index (χ4v) is 2.91. The van der Waals surface area contributed by atoms with E-state index in [9.17, 15) is 25.0 Å². The molecular formula is C19H17N5O6. The van der Waals surface area contributed by atoms with Gasteiger partial charge in [0.1, 0.15) is 12.2 Å². The third-order valence-electron chi connectivity index (χ3n) is 4.20. The van der Waals surface area contributed by atoms with Crippen molar-refractivity contribution in [2.75, 3.05) is 12.0 Å². The molecule has 0 unspecified atom stereocenters. The van der Waals surface area contributed by atoms with Crippen LogP contribution >= 0.6 is 0 Å². The smallest absolute Gasteiger partial charge is 0.325 e. The monoisotopic (exact) mass is 411 g/mol. The Morgan fingerprint density at radius 3 is 2.67 bits per heavy atom. The van der Waals surface area contributed by atoms with Crippen LogP contribution in [0.2, 0.25) is 0 Å². The first-order chi connectivity index (χ1) is 14.4. The van der Waals surface area contributed by atoms with Crippen molar-refractivity contribution in [2.24, 2.45) is 5.10 Å². The number of carbonyl (C=O) groups excluding carboxylic acids is 1. The van der Waals surface area contributed by atoms with Gasteiger partial charge in [0.25, 0.3) is 5.69 Å². The van der Waals surface area contributed by atoms with Crippen molar-refractivity contribution >= 4 is 40.1 Å². The molecule has 11 nitrogen and oxygen atoms in total. The van der Waals surface area contributed by atoms with Gasteiger partial charge in [-0.05, 0) is 19.1 Å². The highest BCUT2D eigenvalue weighted by Gasteiger charge is 2.19. The Morgan fingerprint density at radius 2 is 1.97 bits per heavy atom. The Balaban J connectivity index is 1.87. The summed E-state index contributed by atoms with van der Waals surface area (Å²) in [6.45, 7) is 2.04. The summed E-state index contributed by atoms with van der Waals surface area (Å²) in [5, 5.41) is 26.9. The molecule has 0 radical (unpaired) electrons. The lowest BCUT2D eigenvalue weighted by atomic mass is 10.2. The number of aromatic nitrogens is 1. The van der Waals surface area contributed by atoms with Gasteiger partial charge in [0.15, 0.2) is 0 Å². The van der Waals surface area contributed by atoms with Gasteiger partial charge in [0.2, 0.25) is 0 Å². The summed E-state index contributed by atoms with van der Waals surface area (Å²) in [4.78, 5) is 32.4. The number of hydrogen-bond donors (Lipinski definition) is 1. The van der Waals surface area contributed by atoms with Crippen LogP contribution in [0.3, 0.4) is 0 Å². The van der Waals surface area contributed by atoms with Crippen LogP contribution in [0, 0.1) is 20.2 Å². The number of ether oxygens (including phenoxy) is 1. The number of nitro groups is 2. The van der Waals surface area contributed by atoms with Gasteiger partial charge in [-0.1, -0.05) is 18.2 Å². The molecule has 0 aliphatic rings. The zero-order valence-electron chi connectivity index (χ0n) is 15.8. The highest BCUT2D eigenvalue weighted by atomic mass is 16.6. The van der Waals surface area contributed by atoms with Gasteiger partial charge in [-0.15, -0.1) is 0 Å². The number of non-ortho nitro benzene ring substituents is 1.